The molecule has 2 rings (SSSR count). The van der Waals surface area contributed by atoms with E-state index < -0.39 is 0 Å². The Morgan fingerprint density at radius 3 is 2.67 bits per heavy atom. The lowest BCUT2D eigenvalue weighted by Gasteiger charge is -2.18. The SMILES string of the molecule is CCNC(=NCc1cccc(N(C)C)n1)NCC(C)Oc1ccccc1Br. The van der Waals surface area contributed by atoms with Crippen LogP contribution in [0.1, 0.15) is 19.5 Å². The van der Waals surface area contributed by atoms with Crippen molar-refractivity contribution in [3.8, 4) is 5.75 Å². The topological polar surface area (TPSA) is 61.8 Å². The van der Waals surface area contributed by atoms with Crippen LogP contribution >= 0.6 is 15.9 Å². The molecule has 1 unspecified atom stereocenters. The van der Waals surface area contributed by atoms with Crippen molar-refractivity contribution in [3.63, 3.8) is 0 Å². The molecule has 7 heteroatoms. The predicted molar refractivity (Wildman–Crippen MR) is 116 cm³/mol. The van der Waals surface area contributed by atoms with E-state index in [1.54, 1.807) is 0 Å². The lowest BCUT2D eigenvalue weighted by Crippen LogP contribution is -2.41. The Labute approximate surface area is 170 Å². The van der Waals surface area contributed by atoms with Gasteiger partial charge < -0.3 is 20.3 Å². The number of pyridine rings is 1. The highest BCUT2D eigenvalue weighted by Gasteiger charge is 2.08. The van der Waals surface area contributed by atoms with Gasteiger partial charge >= 0.3 is 0 Å². The van der Waals surface area contributed by atoms with Crippen molar-refractivity contribution >= 4 is 27.7 Å². The third-order valence-corrected chi connectivity index (χ3v) is 4.37. The maximum absolute atomic E-state index is 5.97. The first kappa shape index (κ1) is 21.0. The fraction of sp³-hybridized carbons (Fsp3) is 0.400. The van der Waals surface area contributed by atoms with Crippen LogP contribution in [0.2, 0.25) is 0 Å². The fourth-order valence-corrected chi connectivity index (χ4v) is 2.72. The highest BCUT2D eigenvalue weighted by atomic mass is 79.9. The summed E-state index contributed by atoms with van der Waals surface area (Å²) in [5.41, 5.74) is 0.927. The second-order valence-corrected chi connectivity index (χ2v) is 7.17. The quantitative estimate of drug-likeness (QED) is 0.493. The number of benzene rings is 1. The number of nitrogens with zero attached hydrogens (tertiary/aromatic N) is 3. The van der Waals surface area contributed by atoms with E-state index in [1.807, 2.05) is 75.3 Å². The number of aliphatic imine (C=N–C) groups is 1. The third-order valence-electron chi connectivity index (χ3n) is 3.72. The normalized spacial score (nSPS) is 12.4. The third kappa shape index (κ3) is 7.09. The molecule has 0 aliphatic rings. The van der Waals surface area contributed by atoms with Crippen molar-refractivity contribution in [3.05, 3.63) is 52.6 Å². The number of halogens is 1. The number of guanidine groups is 1. The molecular weight excluding hydrogens is 406 g/mol. The molecule has 0 fully saturated rings. The summed E-state index contributed by atoms with van der Waals surface area (Å²) in [7, 11) is 3.96. The van der Waals surface area contributed by atoms with Gasteiger partial charge in [0.1, 0.15) is 17.7 Å². The van der Waals surface area contributed by atoms with Crippen LogP contribution in [0.4, 0.5) is 5.82 Å². The van der Waals surface area contributed by atoms with Crippen molar-refractivity contribution < 1.29 is 4.74 Å². The summed E-state index contributed by atoms with van der Waals surface area (Å²) in [4.78, 5) is 11.2. The Morgan fingerprint density at radius 2 is 1.96 bits per heavy atom. The number of ether oxygens (including phenoxy) is 1. The van der Waals surface area contributed by atoms with E-state index >= 15 is 0 Å². The standard InChI is InChI=1S/C20H28BrN5O/c1-5-22-20(24-14-16-9-8-12-19(25-16)26(3)4)23-13-15(2)27-18-11-7-6-10-17(18)21/h6-12,15H,5,13-14H2,1-4H3,(H2,22,23,24). The van der Waals surface area contributed by atoms with E-state index in [0.717, 1.165) is 34.2 Å². The van der Waals surface area contributed by atoms with Crippen LogP contribution in [0.3, 0.4) is 0 Å². The average molecular weight is 434 g/mol. The highest BCUT2D eigenvalue weighted by molar-refractivity contribution is 9.10. The van der Waals surface area contributed by atoms with Gasteiger partial charge in [0, 0.05) is 20.6 Å². The number of nitrogens with one attached hydrogen (secondary N) is 2. The van der Waals surface area contributed by atoms with Crippen LogP contribution in [-0.4, -0.2) is 44.2 Å². The van der Waals surface area contributed by atoms with Crippen LogP contribution in [0, 0.1) is 0 Å². The van der Waals surface area contributed by atoms with Gasteiger partial charge in [-0.2, -0.15) is 0 Å². The molecule has 0 bridgehead atoms. The van der Waals surface area contributed by atoms with Gasteiger partial charge in [0.25, 0.3) is 0 Å². The lowest BCUT2D eigenvalue weighted by atomic mass is 10.3. The predicted octanol–water partition coefficient (Wildman–Crippen LogP) is 3.43. The first-order valence-electron chi connectivity index (χ1n) is 9.06. The molecule has 0 saturated carbocycles. The van der Waals surface area contributed by atoms with Crippen LogP contribution < -0.4 is 20.3 Å². The summed E-state index contributed by atoms with van der Waals surface area (Å²) >= 11 is 3.50. The van der Waals surface area contributed by atoms with Crippen molar-refractivity contribution in [1.29, 1.82) is 0 Å². The Balaban J connectivity index is 1.93. The molecule has 0 amide bonds. The molecular formula is C20H28BrN5O. The Morgan fingerprint density at radius 1 is 1.19 bits per heavy atom. The number of hydrogen-bond acceptors (Lipinski definition) is 4. The molecule has 0 aliphatic carbocycles. The van der Waals surface area contributed by atoms with Crippen LogP contribution in [0.25, 0.3) is 0 Å². The number of aromatic nitrogens is 1. The Bertz CT molecular complexity index is 751. The van der Waals surface area contributed by atoms with Crippen molar-refractivity contribution in [2.45, 2.75) is 26.5 Å². The van der Waals surface area contributed by atoms with Gasteiger partial charge in [0.2, 0.25) is 0 Å². The van der Waals surface area contributed by atoms with Crippen molar-refractivity contribution in [1.82, 2.24) is 15.6 Å². The van der Waals surface area contributed by atoms with E-state index in [-0.39, 0.29) is 6.10 Å². The van der Waals surface area contributed by atoms with Gasteiger partial charge in [-0.05, 0) is 54.0 Å². The Kier molecular flexibility index (Phi) is 8.39. The summed E-state index contributed by atoms with van der Waals surface area (Å²) in [6.45, 7) is 6.01. The van der Waals surface area contributed by atoms with Gasteiger partial charge in [0.15, 0.2) is 5.96 Å². The minimum Gasteiger partial charge on any atom is -0.488 e. The van der Waals surface area contributed by atoms with E-state index in [2.05, 4.69) is 36.5 Å². The molecule has 6 nitrogen and oxygen atoms in total. The zero-order valence-corrected chi connectivity index (χ0v) is 18.0. The molecule has 2 aromatic rings. The summed E-state index contributed by atoms with van der Waals surface area (Å²) in [5, 5.41) is 6.58. The van der Waals surface area contributed by atoms with Gasteiger partial charge in [0.05, 0.1) is 23.3 Å². The van der Waals surface area contributed by atoms with Crippen molar-refractivity contribution in [2.75, 3.05) is 32.1 Å². The van der Waals surface area contributed by atoms with E-state index in [9.17, 15) is 0 Å². The highest BCUT2D eigenvalue weighted by Crippen LogP contribution is 2.24. The molecule has 1 aromatic carbocycles. The first-order chi connectivity index (χ1) is 13.0. The maximum Gasteiger partial charge on any atom is 0.191 e. The molecule has 2 N–H and O–H groups in total. The lowest BCUT2D eigenvalue weighted by molar-refractivity contribution is 0.222. The molecule has 1 aromatic heterocycles. The zero-order valence-electron chi connectivity index (χ0n) is 16.4. The zero-order chi connectivity index (χ0) is 19.6. The number of hydrogen-bond donors (Lipinski definition) is 2. The van der Waals surface area contributed by atoms with Gasteiger partial charge in [-0.15, -0.1) is 0 Å². The van der Waals surface area contributed by atoms with Crippen LogP contribution in [-0.2, 0) is 6.54 Å². The van der Waals surface area contributed by atoms with E-state index in [1.165, 1.54) is 0 Å². The smallest absolute Gasteiger partial charge is 0.191 e. The van der Waals surface area contributed by atoms with Gasteiger partial charge in [-0.1, -0.05) is 18.2 Å². The van der Waals surface area contributed by atoms with Crippen LogP contribution in [0.5, 0.6) is 5.75 Å². The molecule has 0 radical (unpaired) electrons. The molecule has 0 saturated heterocycles. The molecule has 1 atom stereocenters. The molecule has 0 spiro atoms. The monoisotopic (exact) mass is 433 g/mol. The van der Waals surface area contributed by atoms with E-state index in [4.69, 9.17) is 4.74 Å². The average Bonchev–Trinajstić information content (AvgIpc) is 2.66. The second-order valence-electron chi connectivity index (χ2n) is 6.32. The molecule has 0 aliphatic heterocycles. The van der Waals surface area contributed by atoms with Crippen molar-refractivity contribution in [2.24, 2.45) is 4.99 Å². The summed E-state index contributed by atoms with van der Waals surface area (Å²) in [6, 6.07) is 13.8. The summed E-state index contributed by atoms with van der Waals surface area (Å²) in [5.74, 6) is 2.51. The summed E-state index contributed by atoms with van der Waals surface area (Å²) in [6.07, 6.45) is -0.0113. The minimum absolute atomic E-state index is 0.0113. The molecule has 146 valence electrons. The molecule has 1 heterocycles. The fourth-order valence-electron chi connectivity index (χ4n) is 2.34. The Hall–Kier alpha value is -2.28. The van der Waals surface area contributed by atoms with Crippen LogP contribution in [0.15, 0.2) is 51.9 Å². The first-order valence-corrected chi connectivity index (χ1v) is 9.85. The number of rotatable bonds is 8. The summed E-state index contributed by atoms with van der Waals surface area (Å²) < 4.78 is 6.92. The largest absolute Gasteiger partial charge is 0.488 e. The maximum atomic E-state index is 5.97. The van der Waals surface area contributed by atoms with Gasteiger partial charge in [-0.25, -0.2) is 9.98 Å². The van der Waals surface area contributed by atoms with Gasteiger partial charge in [-0.3, -0.25) is 0 Å². The minimum atomic E-state index is -0.0113. The molecule has 27 heavy (non-hydrogen) atoms. The number of para-hydroxylation sites is 1. The van der Waals surface area contributed by atoms with E-state index in [0.29, 0.717) is 13.1 Å². The number of anilines is 1. The second kappa shape index (κ2) is 10.8.